The number of nitrogens with zero attached hydrogens (tertiary/aromatic N) is 1. The fourth-order valence-corrected chi connectivity index (χ4v) is 4.11. The van der Waals surface area contributed by atoms with Crippen LogP contribution in [0.4, 0.5) is 5.69 Å². The van der Waals surface area contributed by atoms with Crippen LogP contribution in [0.5, 0.6) is 0 Å². The summed E-state index contributed by atoms with van der Waals surface area (Å²) in [7, 11) is 0. The molecule has 2 amide bonds. The summed E-state index contributed by atoms with van der Waals surface area (Å²) in [6.07, 6.45) is 0. The molecule has 0 saturated carbocycles. The zero-order valence-corrected chi connectivity index (χ0v) is 14.0. The van der Waals surface area contributed by atoms with Crippen molar-refractivity contribution in [2.24, 2.45) is 0 Å². The van der Waals surface area contributed by atoms with Gasteiger partial charge in [-0.05, 0) is 41.8 Å². The Bertz CT molecular complexity index is 763. The van der Waals surface area contributed by atoms with Crippen LogP contribution in [-0.2, 0) is 9.59 Å². The molecule has 0 N–H and O–H groups in total. The lowest BCUT2D eigenvalue weighted by atomic mass is 10.2. The number of thiophene rings is 1. The van der Waals surface area contributed by atoms with Crippen molar-refractivity contribution in [1.82, 2.24) is 0 Å². The second-order valence-electron chi connectivity index (χ2n) is 4.90. The van der Waals surface area contributed by atoms with Gasteiger partial charge in [-0.1, -0.05) is 25.1 Å². The van der Waals surface area contributed by atoms with Gasteiger partial charge in [0.1, 0.15) is 0 Å². The van der Waals surface area contributed by atoms with Gasteiger partial charge < -0.3 is 0 Å². The predicted molar refractivity (Wildman–Crippen MR) is 93.0 cm³/mol. The molecule has 0 spiro atoms. The lowest BCUT2D eigenvalue weighted by molar-refractivity contribution is -0.119. The SMILES string of the molecule is CCSC1=C(c2cccs2)C(=O)N(c2cccc(C)c2)C1=O. The second-order valence-corrected chi connectivity index (χ2v) is 7.12. The quantitative estimate of drug-likeness (QED) is 0.793. The molecular weight excluding hydrogens is 314 g/mol. The molecule has 0 unspecified atom stereocenters. The van der Waals surface area contributed by atoms with Crippen LogP contribution in [0.1, 0.15) is 17.4 Å². The van der Waals surface area contributed by atoms with Crippen LogP contribution in [0.2, 0.25) is 0 Å². The summed E-state index contributed by atoms with van der Waals surface area (Å²) in [4.78, 5) is 28.3. The summed E-state index contributed by atoms with van der Waals surface area (Å²) >= 11 is 2.92. The first kappa shape index (κ1) is 15.1. The van der Waals surface area contributed by atoms with E-state index in [-0.39, 0.29) is 11.8 Å². The molecule has 0 saturated heterocycles. The van der Waals surface area contributed by atoms with E-state index in [1.165, 1.54) is 28.0 Å². The number of hydrogen-bond acceptors (Lipinski definition) is 4. The van der Waals surface area contributed by atoms with E-state index in [0.29, 0.717) is 16.2 Å². The molecule has 0 aliphatic carbocycles. The van der Waals surface area contributed by atoms with E-state index in [0.717, 1.165) is 16.2 Å². The van der Waals surface area contributed by atoms with Crippen LogP contribution in [0.3, 0.4) is 0 Å². The van der Waals surface area contributed by atoms with Crippen molar-refractivity contribution in [3.8, 4) is 0 Å². The summed E-state index contributed by atoms with van der Waals surface area (Å²) in [6, 6.07) is 11.3. The van der Waals surface area contributed by atoms with Crippen molar-refractivity contribution in [2.45, 2.75) is 13.8 Å². The number of aryl methyl sites for hydroxylation is 1. The number of carbonyl (C=O) groups is 2. The van der Waals surface area contributed by atoms with Gasteiger partial charge in [-0.25, -0.2) is 4.90 Å². The van der Waals surface area contributed by atoms with Gasteiger partial charge in [0.15, 0.2) is 0 Å². The number of anilines is 1. The molecule has 22 heavy (non-hydrogen) atoms. The molecule has 5 heteroatoms. The minimum Gasteiger partial charge on any atom is -0.268 e. The van der Waals surface area contributed by atoms with Crippen LogP contribution in [0, 0.1) is 6.92 Å². The molecule has 1 aliphatic heterocycles. The first-order valence-electron chi connectivity index (χ1n) is 7.00. The second kappa shape index (κ2) is 6.10. The van der Waals surface area contributed by atoms with E-state index >= 15 is 0 Å². The molecule has 2 aromatic rings. The van der Waals surface area contributed by atoms with Gasteiger partial charge in [0.2, 0.25) is 0 Å². The maximum atomic E-state index is 12.9. The average Bonchev–Trinajstić information content (AvgIpc) is 3.07. The summed E-state index contributed by atoms with van der Waals surface area (Å²) in [5.41, 5.74) is 2.19. The summed E-state index contributed by atoms with van der Waals surface area (Å²) in [5.74, 6) is 0.310. The first-order valence-corrected chi connectivity index (χ1v) is 8.86. The minimum atomic E-state index is -0.228. The summed E-state index contributed by atoms with van der Waals surface area (Å²) < 4.78 is 0. The number of hydrogen-bond donors (Lipinski definition) is 0. The molecule has 112 valence electrons. The number of rotatable bonds is 4. The molecule has 0 bridgehead atoms. The molecule has 0 fully saturated rings. The van der Waals surface area contributed by atoms with Crippen LogP contribution in [0.25, 0.3) is 5.57 Å². The van der Waals surface area contributed by atoms with Crippen LogP contribution in [-0.4, -0.2) is 17.6 Å². The van der Waals surface area contributed by atoms with E-state index in [9.17, 15) is 9.59 Å². The van der Waals surface area contributed by atoms with E-state index in [1.807, 2.05) is 49.6 Å². The van der Waals surface area contributed by atoms with Gasteiger partial charge in [0.05, 0.1) is 16.2 Å². The van der Waals surface area contributed by atoms with Crippen LogP contribution in [0.15, 0.2) is 46.7 Å². The Morgan fingerprint density at radius 2 is 1.95 bits per heavy atom. The molecule has 1 aromatic carbocycles. The number of carbonyl (C=O) groups excluding carboxylic acids is 2. The number of amides is 2. The van der Waals surface area contributed by atoms with Gasteiger partial charge in [-0.3, -0.25) is 9.59 Å². The minimum absolute atomic E-state index is 0.217. The lowest BCUT2D eigenvalue weighted by Gasteiger charge is -2.15. The topological polar surface area (TPSA) is 37.4 Å². The van der Waals surface area contributed by atoms with E-state index in [2.05, 4.69) is 0 Å². The fourth-order valence-electron chi connectivity index (χ4n) is 2.43. The van der Waals surface area contributed by atoms with Gasteiger partial charge >= 0.3 is 0 Å². The zero-order valence-electron chi connectivity index (χ0n) is 12.3. The van der Waals surface area contributed by atoms with Crippen LogP contribution < -0.4 is 4.90 Å². The Kier molecular flexibility index (Phi) is 4.18. The predicted octanol–water partition coefficient (Wildman–Crippen LogP) is 4.09. The molecule has 1 aromatic heterocycles. The maximum Gasteiger partial charge on any atom is 0.272 e. The molecule has 2 heterocycles. The summed E-state index contributed by atoms with van der Waals surface area (Å²) in [6.45, 7) is 3.93. The molecular formula is C17H15NO2S2. The fraction of sp³-hybridized carbons (Fsp3) is 0.176. The van der Waals surface area contributed by atoms with E-state index in [4.69, 9.17) is 0 Å². The van der Waals surface area contributed by atoms with Gasteiger partial charge in [0, 0.05) is 4.88 Å². The Labute approximate surface area is 137 Å². The third-order valence-corrected chi connectivity index (χ3v) is 5.20. The Morgan fingerprint density at radius 3 is 2.59 bits per heavy atom. The van der Waals surface area contributed by atoms with E-state index in [1.54, 1.807) is 6.07 Å². The highest BCUT2D eigenvalue weighted by molar-refractivity contribution is 8.04. The maximum absolute atomic E-state index is 12.9. The van der Waals surface area contributed by atoms with Crippen LogP contribution >= 0.6 is 23.1 Å². The monoisotopic (exact) mass is 329 g/mol. The summed E-state index contributed by atoms with van der Waals surface area (Å²) in [5, 5.41) is 1.92. The Morgan fingerprint density at radius 1 is 1.14 bits per heavy atom. The highest BCUT2D eigenvalue weighted by atomic mass is 32.2. The van der Waals surface area contributed by atoms with Crippen molar-refractivity contribution < 1.29 is 9.59 Å². The standard InChI is InChI=1S/C17H15NO2S2/c1-3-21-15-14(13-8-5-9-22-13)16(19)18(17(15)20)12-7-4-6-11(2)10-12/h4-10H,3H2,1-2H3. The average molecular weight is 329 g/mol. The number of benzene rings is 1. The van der Waals surface area contributed by atoms with Gasteiger partial charge in [-0.2, -0.15) is 0 Å². The highest BCUT2D eigenvalue weighted by Gasteiger charge is 2.40. The van der Waals surface area contributed by atoms with Gasteiger partial charge in [0.25, 0.3) is 11.8 Å². The van der Waals surface area contributed by atoms with E-state index < -0.39 is 0 Å². The van der Waals surface area contributed by atoms with Crippen molar-refractivity contribution in [2.75, 3.05) is 10.7 Å². The van der Waals surface area contributed by atoms with Crippen molar-refractivity contribution in [3.63, 3.8) is 0 Å². The van der Waals surface area contributed by atoms with Gasteiger partial charge in [-0.15, -0.1) is 23.1 Å². The number of thioether (sulfide) groups is 1. The Balaban J connectivity index is 2.08. The number of imide groups is 1. The Hall–Kier alpha value is -1.85. The highest BCUT2D eigenvalue weighted by Crippen LogP contribution is 2.39. The normalized spacial score (nSPS) is 15.1. The van der Waals surface area contributed by atoms with Crippen molar-refractivity contribution in [1.29, 1.82) is 0 Å². The first-order chi connectivity index (χ1) is 10.6. The zero-order chi connectivity index (χ0) is 15.7. The molecule has 0 atom stereocenters. The molecule has 3 rings (SSSR count). The molecule has 3 nitrogen and oxygen atoms in total. The molecule has 0 radical (unpaired) electrons. The third kappa shape index (κ3) is 2.51. The smallest absolute Gasteiger partial charge is 0.268 e. The van der Waals surface area contributed by atoms with Crippen molar-refractivity contribution >= 4 is 46.2 Å². The lowest BCUT2D eigenvalue weighted by Crippen LogP contribution is -2.31. The van der Waals surface area contributed by atoms with Crippen molar-refractivity contribution in [3.05, 3.63) is 57.1 Å². The third-order valence-electron chi connectivity index (χ3n) is 3.36. The molecule has 1 aliphatic rings. The largest absolute Gasteiger partial charge is 0.272 e.